The van der Waals surface area contributed by atoms with Crippen LogP contribution in [-0.4, -0.2) is 45.3 Å². The molecule has 1 aliphatic heterocycles. The van der Waals surface area contributed by atoms with Gasteiger partial charge in [0, 0.05) is 13.0 Å². The van der Waals surface area contributed by atoms with Crippen molar-refractivity contribution in [1.82, 2.24) is 19.7 Å². The Bertz CT molecular complexity index is 753. The Morgan fingerprint density at radius 3 is 2.74 bits per heavy atom. The van der Waals surface area contributed by atoms with Crippen LogP contribution in [0.4, 0.5) is 5.95 Å². The first-order chi connectivity index (χ1) is 10.8. The molecular formula is C15H23N5O3. The number of hydrogen-bond donors (Lipinski definition) is 2. The van der Waals surface area contributed by atoms with Gasteiger partial charge in [-0.15, -0.1) is 0 Å². The van der Waals surface area contributed by atoms with Crippen LogP contribution >= 0.6 is 0 Å². The topological polar surface area (TPSA) is 94.1 Å². The van der Waals surface area contributed by atoms with Gasteiger partial charge >= 0.3 is 0 Å². The number of aromatic nitrogens is 4. The van der Waals surface area contributed by atoms with E-state index in [-0.39, 0.29) is 11.1 Å². The zero-order chi connectivity index (χ0) is 16.7. The zero-order valence-electron chi connectivity index (χ0n) is 14.0. The molecule has 3 rings (SSSR count). The molecule has 0 aliphatic carbocycles. The van der Waals surface area contributed by atoms with Crippen molar-refractivity contribution in [2.75, 3.05) is 25.1 Å². The molecule has 0 saturated carbocycles. The summed E-state index contributed by atoms with van der Waals surface area (Å²) in [6.45, 7) is 9.77. The predicted molar refractivity (Wildman–Crippen MR) is 86.6 cm³/mol. The van der Waals surface area contributed by atoms with Crippen LogP contribution in [0.1, 0.15) is 34.1 Å². The van der Waals surface area contributed by atoms with Gasteiger partial charge in [0.15, 0.2) is 11.4 Å². The first-order valence-electron chi connectivity index (χ1n) is 7.79. The number of rotatable bonds is 4. The van der Waals surface area contributed by atoms with E-state index in [2.05, 4.69) is 20.4 Å². The lowest BCUT2D eigenvalue weighted by Gasteiger charge is -2.22. The summed E-state index contributed by atoms with van der Waals surface area (Å²) in [4.78, 5) is 19.4. The summed E-state index contributed by atoms with van der Waals surface area (Å²) >= 11 is 0. The fourth-order valence-electron chi connectivity index (χ4n) is 2.60. The average Bonchev–Trinajstić information content (AvgIpc) is 3.05. The SMILES string of the molecule is CC1(CCNc2nc3c(cnn3C(C)(C)C)c(=O)[nH]2)OCCO1. The van der Waals surface area contributed by atoms with Crippen molar-refractivity contribution in [3.63, 3.8) is 0 Å². The van der Waals surface area contributed by atoms with Gasteiger partial charge in [-0.1, -0.05) is 0 Å². The van der Waals surface area contributed by atoms with Crippen LogP contribution < -0.4 is 10.9 Å². The molecule has 0 radical (unpaired) electrons. The largest absolute Gasteiger partial charge is 0.355 e. The van der Waals surface area contributed by atoms with Gasteiger partial charge < -0.3 is 14.8 Å². The summed E-state index contributed by atoms with van der Waals surface area (Å²) in [5, 5.41) is 7.91. The molecule has 0 bridgehead atoms. The minimum Gasteiger partial charge on any atom is -0.355 e. The molecular weight excluding hydrogens is 298 g/mol. The molecule has 1 fully saturated rings. The molecule has 2 aromatic rings. The van der Waals surface area contributed by atoms with E-state index in [1.807, 2.05) is 27.7 Å². The Labute approximate surface area is 134 Å². The molecule has 126 valence electrons. The van der Waals surface area contributed by atoms with Crippen molar-refractivity contribution in [3.8, 4) is 0 Å². The third kappa shape index (κ3) is 3.23. The Morgan fingerprint density at radius 2 is 2.09 bits per heavy atom. The fraction of sp³-hybridized carbons (Fsp3) is 0.667. The van der Waals surface area contributed by atoms with Crippen molar-refractivity contribution in [2.45, 2.75) is 45.4 Å². The highest BCUT2D eigenvalue weighted by molar-refractivity contribution is 5.74. The summed E-state index contributed by atoms with van der Waals surface area (Å²) in [5.41, 5.74) is 0.120. The van der Waals surface area contributed by atoms with Gasteiger partial charge in [0.2, 0.25) is 5.95 Å². The minimum absolute atomic E-state index is 0.201. The maximum absolute atomic E-state index is 12.2. The second-order valence-electron chi connectivity index (χ2n) is 6.89. The smallest absolute Gasteiger partial charge is 0.263 e. The molecule has 23 heavy (non-hydrogen) atoms. The fourth-order valence-corrected chi connectivity index (χ4v) is 2.60. The molecule has 8 nitrogen and oxygen atoms in total. The van der Waals surface area contributed by atoms with Crippen LogP contribution in [0.15, 0.2) is 11.0 Å². The Balaban J connectivity index is 1.80. The maximum Gasteiger partial charge on any atom is 0.263 e. The van der Waals surface area contributed by atoms with E-state index in [9.17, 15) is 4.79 Å². The van der Waals surface area contributed by atoms with E-state index in [1.54, 1.807) is 10.9 Å². The molecule has 0 aromatic carbocycles. The summed E-state index contributed by atoms with van der Waals surface area (Å²) in [6.07, 6.45) is 2.21. The van der Waals surface area contributed by atoms with Crippen molar-refractivity contribution in [1.29, 1.82) is 0 Å². The van der Waals surface area contributed by atoms with Crippen LogP contribution in [0.3, 0.4) is 0 Å². The Morgan fingerprint density at radius 1 is 1.39 bits per heavy atom. The van der Waals surface area contributed by atoms with Crippen LogP contribution in [0.5, 0.6) is 0 Å². The Hall–Kier alpha value is -1.93. The molecule has 0 unspecified atom stereocenters. The molecule has 1 aliphatic rings. The summed E-state index contributed by atoms with van der Waals surface area (Å²) in [7, 11) is 0. The maximum atomic E-state index is 12.2. The average molecular weight is 321 g/mol. The number of nitrogens with one attached hydrogen (secondary N) is 2. The van der Waals surface area contributed by atoms with Gasteiger partial charge in [-0.05, 0) is 27.7 Å². The van der Waals surface area contributed by atoms with E-state index < -0.39 is 5.79 Å². The number of ether oxygens (including phenoxy) is 2. The standard InChI is InChI=1S/C15H23N5O3/c1-14(2,3)20-11-10(9-17-20)12(21)19-13(18-11)16-6-5-15(4)22-7-8-23-15/h9H,5-8H2,1-4H3,(H2,16,18,19,21). The highest BCUT2D eigenvalue weighted by atomic mass is 16.7. The van der Waals surface area contributed by atoms with Crippen molar-refractivity contribution in [2.24, 2.45) is 0 Å². The van der Waals surface area contributed by atoms with Crippen molar-refractivity contribution >= 4 is 17.0 Å². The number of anilines is 1. The summed E-state index contributed by atoms with van der Waals surface area (Å²) < 4.78 is 12.9. The minimum atomic E-state index is -0.565. The van der Waals surface area contributed by atoms with E-state index >= 15 is 0 Å². The highest BCUT2D eigenvalue weighted by Gasteiger charge is 2.30. The first-order valence-corrected chi connectivity index (χ1v) is 7.79. The van der Waals surface area contributed by atoms with Crippen molar-refractivity contribution < 1.29 is 9.47 Å². The molecule has 8 heteroatoms. The lowest BCUT2D eigenvalue weighted by molar-refractivity contribution is -0.144. The number of H-pyrrole nitrogens is 1. The van der Waals surface area contributed by atoms with Gasteiger partial charge in [-0.25, -0.2) is 4.68 Å². The van der Waals surface area contributed by atoms with E-state index in [1.165, 1.54) is 0 Å². The van der Waals surface area contributed by atoms with E-state index in [0.29, 0.717) is 43.2 Å². The predicted octanol–water partition coefficient (Wildman–Crippen LogP) is 1.44. The van der Waals surface area contributed by atoms with Gasteiger partial charge in [0.25, 0.3) is 5.56 Å². The lowest BCUT2D eigenvalue weighted by atomic mass is 10.1. The highest BCUT2D eigenvalue weighted by Crippen LogP contribution is 2.22. The van der Waals surface area contributed by atoms with Crippen LogP contribution in [0.2, 0.25) is 0 Å². The zero-order valence-corrected chi connectivity index (χ0v) is 14.0. The van der Waals surface area contributed by atoms with E-state index in [0.717, 1.165) is 0 Å². The quantitative estimate of drug-likeness (QED) is 0.885. The van der Waals surface area contributed by atoms with Gasteiger partial charge in [-0.3, -0.25) is 9.78 Å². The van der Waals surface area contributed by atoms with Crippen LogP contribution in [0, 0.1) is 0 Å². The molecule has 1 saturated heterocycles. The molecule has 0 amide bonds. The molecule has 2 aromatic heterocycles. The van der Waals surface area contributed by atoms with Crippen LogP contribution in [0.25, 0.3) is 11.0 Å². The Kier molecular flexibility index (Phi) is 3.89. The van der Waals surface area contributed by atoms with Crippen molar-refractivity contribution in [3.05, 3.63) is 16.6 Å². The summed E-state index contributed by atoms with van der Waals surface area (Å²) in [6, 6.07) is 0. The lowest BCUT2D eigenvalue weighted by Crippen LogP contribution is -2.29. The molecule has 0 atom stereocenters. The van der Waals surface area contributed by atoms with Gasteiger partial charge in [-0.2, -0.15) is 10.1 Å². The second-order valence-corrected chi connectivity index (χ2v) is 6.89. The molecule has 2 N–H and O–H groups in total. The number of nitrogens with zero attached hydrogens (tertiary/aromatic N) is 3. The van der Waals surface area contributed by atoms with Gasteiger partial charge in [0.05, 0.1) is 24.9 Å². The van der Waals surface area contributed by atoms with Gasteiger partial charge in [0.1, 0.15) is 5.39 Å². The van der Waals surface area contributed by atoms with E-state index in [4.69, 9.17) is 9.47 Å². The second kappa shape index (κ2) is 5.61. The monoisotopic (exact) mass is 321 g/mol. The third-order valence-electron chi connectivity index (χ3n) is 3.84. The number of hydrogen-bond acceptors (Lipinski definition) is 6. The normalized spacial score (nSPS) is 17.7. The number of aromatic amines is 1. The molecule has 3 heterocycles. The van der Waals surface area contributed by atoms with Crippen LogP contribution in [-0.2, 0) is 15.0 Å². The number of fused-ring (bicyclic) bond motifs is 1. The summed E-state index contributed by atoms with van der Waals surface area (Å²) in [5.74, 6) is -0.139. The third-order valence-corrected chi connectivity index (χ3v) is 3.84. The molecule has 0 spiro atoms. The first kappa shape index (κ1) is 15.9.